The molecule has 0 radical (unpaired) electrons. The zero-order chi connectivity index (χ0) is 13.0. The predicted octanol–water partition coefficient (Wildman–Crippen LogP) is 3.09. The summed E-state index contributed by atoms with van der Waals surface area (Å²) in [6, 6.07) is 12.5. The third-order valence-electron chi connectivity index (χ3n) is 2.58. The van der Waals surface area contributed by atoms with Crippen molar-refractivity contribution >= 4 is 6.29 Å². The van der Waals surface area contributed by atoms with Crippen molar-refractivity contribution in [1.82, 2.24) is 0 Å². The van der Waals surface area contributed by atoms with Crippen molar-refractivity contribution < 1.29 is 14.6 Å². The van der Waals surface area contributed by atoms with E-state index >= 15 is 0 Å². The molecule has 0 saturated heterocycles. The van der Waals surface area contributed by atoms with Crippen molar-refractivity contribution in [3.05, 3.63) is 59.2 Å². The number of rotatable bonds is 4. The highest BCUT2D eigenvalue weighted by Crippen LogP contribution is 2.21. The lowest BCUT2D eigenvalue weighted by atomic mass is 10.2. The minimum absolute atomic E-state index is 0.0264. The monoisotopic (exact) mass is 242 g/mol. The number of aryl methyl sites for hydroxylation is 1. The summed E-state index contributed by atoms with van der Waals surface area (Å²) in [5.74, 6) is 0.510. The van der Waals surface area contributed by atoms with E-state index in [9.17, 15) is 9.90 Å². The second-order valence-electron chi connectivity index (χ2n) is 4.15. The molecule has 18 heavy (non-hydrogen) atoms. The Bertz CT molecular complexity index is 544. The first kappa shape index (κ1) is 12.2. The predicted molar refractivity (Wildman–Crippen MR) is 69.0 cm³/mol. The first-order chi connectivity index (χ1) is 8.67. The van der Waals surface area contributed by atoms with Crippen LogP contribution in [-0.2, 0) is 6.61 Å². The molecule has 0 unspecified atom stereocenters. The lowest BCUT2D eigenvalue weighted by Gasteiger charge is -2.07. The van der Waals surface area contributed by atoms with Crippen LogP contribution in [0, 0.1) is 6.92 Å². The van der Waals surface area contributed by atoms with Crippen LogP contribution in [0.3, 0.4) is 0 Å². The second kappa shape index (κ2) is 5.36. The van der Waals surface area contributed by atoms with Crippen LogP contribution < -0.4 is 4.74 Å². The van der Waals surface area contributed by atoms with E-state index in [1.807, 2.05) is 31.2 Å². The molecule has 0 amide bonds. The van der Waals surface area contributed by atoms with Gasteiger partial charge in [-0.1, -0.05) is 29.8 Å². The lowest BCUT2D eigenvalue weighted by Crippen LogP contribution is -1.96. The van der Waals surface area contributed by atoms with Gasteiger partial charge in [-0.3, -0.25) is 4.79 Å². The zero-order valence-corrected chi connectivity index (χ0v) is 10.1. The van der Waals surface area contributed by atoms with Crippen LogP contribution in [-0.4, -0.2) is 11.4 Å². The van der Waals surface area contributed by atoms with Crippen molar-refractivity contribution in [3.63, 3.8) is 0 Å². The molecule has 1 N–H and O–H groups in total. The number of phenols is 1. The Morgan fingerprint density at radius 2 is 1.89 bits per heavy atom. The third kappa shape index (κ3) is 3.10. The SMILES string of the molecule is Cc1ccc(COc2cc(O)cc(C=O)c2)cc1. The fourth-order valence-electron chi connectivity index (χ4n) is 1.61. The number of aldehydes is 1. The number of phenolic OH excluding ortho intramolecular Hbond substituents is 1. The van der Waals surface area contributed by atoms with Crippen LogP contribution in [0.2, 0.25) is 0 Å². The molecular weight excluding hydrogens is 228 g/mol. The number of hydrogen-bond acceptors (Lipinski definition) is 3. The lowest BCUT2D eigenvalue weighted by molar-refractivity contribution is 0.112. The van der Waals surface area contributed by atoms with Crippen LogP contribution in [0.15, 0.2) is 42.5 Å². The van der Waals surface area contributed by atoms with Gasteiger partial charge in [-0.25, -0.2) is 0 Å². The Morgan fingerprint density at radius 3 is 2.56 bits per heavy atom. The van der Waals surface area contributed by atoms with Gasteiger partial charge in [0.2, 0.25) is 0 Å². The number of benzene rings is 2. The molecule has 0 bridgehead atoms. The quantitative estimate of drug-likeness (QED) is 0.838. The van der Waals surface area contributed by atoms with Crippen molar-refractivity contribution in [2.75, 3.05) is 0 Å². The van der Waals surface area contributed by atoms with Gasteiger partial charge in [0.1, 0.15) is 24.4 Å². The molecule has 3 heteroatoms. The van der Waals surface area contributed by atoms with Gasteiger partial charge in [-0.05, 0) is 24.6 Å². The molecule has 0 heterocycles. The topological polar surface area (TPSA) is 46.5 Å². The van der Waals surface area contributed by atoms with E-state index in [1.54, 1.807) is 6.07 Å². The molecule has 3 nitrogen and oxygen atoms in total. The van der Waals surface area contributed by atoms with Crippen LogP contribution in [0.4, 0.5) is 0 Å². The number of hydrogen-bond donors (Lipinski definition) is 1. The Morgan fingerprint density at radius 1 is 1.17 bits per heavy atom. The van der Waals surface area contributed by atoms with Gasteiger partial charge in [0.15, 0.2) is 0 Å². The van der Waals surface area contributed by atoms with Crippen molar-refractivity contribution in [1.29, 1.82) is 0 Å². The molecule has 0 aliphatic rings. The number of carbonyl (C=O) groups excluding carboxylic acids is 1. The summed E-state index contributed by atoms with van der Waals surface area (Å²) >= 11 is 0. The van der Waals surface area contributed by atoms with Gasteiger partial charge in [0.25, 0.3) is 0 Å². The van der Waals surface area contributed by atoms with E-state index in [0.29, 0.717) is 24.2 Å². The average molecular weight is 242 g/mol. The van der Waals surface area contributed by atoms with Crippen LogP contribution in [0.5, 0.6) is 11.5 Å². The summed E-state index contributed by atoms with van der Waals surface area (Å²) in [7, 11) is 0. The van der Waals surface area contributed by atoms with Crippen LogP contribution in [0.25, 0.3) is 0 Å². The van der Waals surface area contributed by atoms with Crippen LogP contribution in [0.1, 0.15) is 21.5 Å². The first-order valence-corrected chi connectivity index (χ1v) is 5.65. The van der Waals surface area contributed by atoms with E-state index in [1.165, 1.54) is 17.7 Å². The van der Waals surface area contributed by atoms with Crippen molar-refractivity contribution in [2.45, 2.75) is 13.5 Å². The van der Waals surface area contributed by atoms with E-state index in [4.69, 9.17) is 4.74 Å². The molecule has 0 spiro atoms. The average Bonchev–Trinajstić information content (AvgIpc) is 2.37. The molecule has 0 aromatic heterocycles. The fourth-order valence-corrected chi connectivity index (χ4v) is 1.61. The molecule has 92 valence electrons. The number of ether oxygens (including phenoxy) is 1. The van der Waals surface area contributed by atoms with Crippen molar-refractivity contribution in [2.24, 2.45) is 0 Å². The van der Waals surface area contributed by atoms with Gasteiger partial charge < -0.3 is 9.84 Å². The van der Waals surface area contributed by atoms with E-state index in [-0.39, 0.29) is 5.75 Å². The molecule has 0 atom stereocenters. The smallest absolute Gasteiger partial charge is 0.150 e. The molecule has 0 fully saturated rings. The third-order valence-corrected chi connectivity index (χ3v) is 2.58. The summed E-state index contributed by atoms with van der Waals surface area (Å²) in [5, 5.41) is 9.42. The fraction of sp³-hybridized carbons (Fsp3) is 0.133. The summed E-state index contributed by atoms with van der Waals surface area (Å²) in [5.41, 5.74) is 2.63. The minimum atomic E-state index is 0.0264. The molecule has 2 aromatic carbocycles. The minimum Gasteiger partial charge on any atom is -0.508 e. The number of carbonyl (C=O) groups is 1. The highest BCUT2D eigenvalue weighted by atomic mass is 16.5. The molecule has 0 aliphatic heterocycles. The Hall–Kier alpha value is -2.29. The largest absolute Gasteiger partial charge is 0.508 e. The van der Waals surface area contributed by atoms with Gasteiger partial charge >= 0.3 is 0 Å². The maximum absolute atomic E-state index is 10.7. The highest BCUT2D eigenvalue weighted by Gasteiger charge is 2.01. The standard InChI is InChI=1S/C15H14O3/c1-11-2-4-12(5-3-11)10-18-15-7-13(9-16)6-14(17)8-15/h2-9,17H,10H2,1H3. The highest BCUT2D eigenvalue weighted by molar-refractivity contribution is 5.76. The molecule has 2 aromatic rings. The summed E-state index contributed by atoms with van der Waals surface area (Å²) < 4.78 is 5.54. The normalized spacial score (nSPS) is 10.1. The molecular formula is C15H14O3. The molecule has 2 rings (SSSR count). The summed E-state index contributed by atoms with van der Waals surface area (Å²) in [6.07, 6.45) is 0.679. The Labute approximate surface area is 106 Å². The second-order valence-corrected chi connectivity index (χ2v) is 4.15. The maximum atomic E-state index is 10.7. The Balaban J connectivity index is 2.08. The van der Waals surface area contributed by atoms with E-state index in [0.717, 1.165) is 5.56 Å². The van der Waals surface area contributed by atoms with Gasteiger partial charge in [-0.15, -0.1) is 0 Å². The summed E-state index contributed by atoms with van der Waals surface area (Å²) in [6.45, 7) is 2.43. The van der Waals surface area contributed by atoms with Gasteiger partial charge in [0.05, 0.1) is 0 Å². The zero-order valence-electron chi connectivity index (χ0n) is 10.1. The van der Waals surface area contributed by atoms with Gasteiger partial charge in [-0.2, -0.15) is 0 Å². The van der Waals surface area contributed by atoms with Gasteiger partial charge in [0, 0.05) is 11.6 Å². The van der Waals surface area contributed by atoms with Crippen molar-refractivity contribution in [3.8, 4) is 11.5 Å². The van der Waals surface area contributed by atoms with E-state index < -0.39 is 0 Å². The Kier molecular flexibility index (Phi) is 3.63. The van der Waals surface area contributed by atoms with Crippen LogP contribution >= 0.6 is 0 Å². The van der Waals surface area contributed by atoms with E-state index in [2.05, 4.69) is 0 Å². The number of aromatic hydroxyl groups is 1. The molecule has 0 aliphatic carbocycles. The molecule has 0 saturated carbocycles. The first-order valence-electron chi connectivity index (χ1n) is 5.65. The summed E-state index contributed by atoms with van der Waals surface area (Å²) in [4.78, 5) is 10.7. The maximum Gasteiger partial charge on any atom is 0.150 e.